The minimum Gasteiger partial charge on any atom is -0.414 e. The smallest absolute Gasteiger partial charge is 0.414 e. The summed E-state index contributed by atoms with van der Waals surface area (Å²) >= 11 is 0. The average Bonchev–Trinajstić information content (AvgIpc) is 2.74. The van der Waals surface area contributed by atoms with Crippen molar-refractivity contribution in [3.8, 4) is 0 Å². The third-order valence-electron chi connectivity index (χ3n) is 3.92. The lowest BCUT2D eigenvalue weighted by Crippen LogP contribution is -2.56. The highest BCUT2D eigenvalue weighted by atomic mass is 16.6. The molecule has 0 N–H and O–H groups in total. The highest BCUT2D eigenvalue weighted by Gasteiger charge is 2.49. The van der Waals surface area contributed by atoms with Crippen LogP contribution < -0.4 is 4.48 Å². The molecule has 4 nitrogen and oxygen atoms in total. The molecule has 0 saturated heterocycles. The summed E-state index contributed by atoms with van der Waals surface area (Å²) in [5, 5.41) is 0. The van der Waals surface area contributed by atoms with Crippen LogP contribution in [0.25, 0.3) is 6.08 Å². The summed E-state index contributed by atoms with van der Waals surface area (Å²) in [6, 6.07) is 6.19. The normalized spacial score (nSPS) is 23.4. The van der Waals surface area contributed by atoms with Crippen LogP contribution in [-0.4, -0.2) is 31.0 Å². The Labute approximate surface area is 125 Å². The molecule has 0 aliphatic carbocycles. The Kier molecular flexibility index (Phi) is 3.21. The number of para-hydroxylation sites is 1. The summed E-state index contributed by atoms with van der Waals surface area (Å²) in [6.07, 6.45) is 6.28. The number of hydrogen-bond acceptors (Lipinski definition) is 3. The van der Waals surface area contributed by atoms with Crippen LogP contribution in [0, 0.1) is 0 Å². The van der Waals surface area contributed by atoms with E-state index in [1.807, 2.05) is 45.2 Å². The topological polar surface area (TPSA) is 38.7 Å². The molecule has 1 aromatic rings. The van der Waals surface area contributed by atoms with Crippen molar-refractivity contribution in [3.05, 3.63) is 35.5 Å². The predicted octanol–water partition coefficient (Wildman–Crippen LogP) is 3.54. The SMILES string of the molecule is CC(C)(C)OC(=O)[N+]12CC=NC=Cc3cccc(c31)CC2. The zero-order chi connectivity index (χ0) is 15.1. The molecule has 21 heavy (non-hydrogen) atoms. The van der Waals surface area contributed by atoms with E-state index in [2.05, 4.69) is 11.1 Å². The molecule has 0 radical (unpaired) electrons. The third-order valence-corrected chi connectivity index (χ3v) is 3.92. The molecule has 2 aliphatic heterocycles. The summed E-state index contributed by atoms with van der Waals surface area (Å²) in [4.78, 5) is 17.1. The lowest BCUT2D eigenvalue weighted by molar-refractivity contribution is 0.0308. The number of nitrogens with zero attached hydrogens (tertiary/aromatic N) is 2. The number of rotatable bonds is 0. The quantitative estimate of drug-likeness (QED) is 0.684. The minimum absolute atomic E-state index is 0.185. The minimum atomic E-state index is -0.489. The van der Waals surface area contributed by atoms with Crippen molar-refractivity contribution < 1.29 is 9.53 Å². The first kappa shape index (κ1) is 14.0. The number of benzene rings is 1. The van der Waals surface area contributed by atoms with E-state index in [1.165, 1.54) is 5.56 Å². The van der Waals surface area contributed by atoms with Crippen LogP contribution >= 0.6 is 0 Å². The van der Waals surface area contributed by atoms with Crippen molar-refractivity contribution >= 4 is 24.1 Å². The summed E-state index contributed by atoms with van der Waals surface area (Å²) in [5.41, 5.74) is 2.89. The van der Waals surface area contributed by atoms with Gasteiger partial charge in [0.15, 0.2) is 5.69 Å². The van der Waals surface area contributed by atoms with Crippen molar-refractivity contribution in [2.45, 2.75) is 32.8 Å². The van der Waals surface area contributed by atoms with Crippen LogP contribution in [-0.2, 0) is 11.2 Å². The first-order valence-corrected chi connectivity index (χ1v) is 7.34. The van der Waals surface area contributed by atoms with Crippen molar-refractivity contribution in [2.75, 3.05) is 13.1 Å². The van der Waals surface area contributed by atoms with E-state index in [4.69, 9.17) is 4.74 Å². The lowest BCUT2D eigenvalue weighted by Gasteiger charge is -2.33. The van der Waals surface area contributed by atoms with Gasteiger partial charge >= 0.3 is 6.09 Å². The van der Waals surface area contributed by atoms with Gasteiger partial charge in [0.2, 0.25) is 0 Å². The summed E-state index contributed by atoms with van der Waals surface area (Å²) in [6.45, 7) is 7.00. The van der Waals surface area contributed by atoms with Crippen molar-refractivity contribution in [2.24, 2.45) is 4.99 Å². The second kappa shape index (κ2) is 4.81. The first-order valence-electron chi connectivity index (χ1n) is 7.34. The molecule has 0 spiro atoms. The molecule has 1 amide bonds. The Morgan fingerprint density at radius 1 is 1.33 bits per heavy atom. The van der Waals surface area contributed by atoms with E-state index in [0.717, 1.165) is 24.2 Å². The van der Waals surface area contributed by atoms with Gasteiger partial charge in [0, 0.05) is 23.7 Å². The van der Waals surface area contributed by atoms with Crippen LogP contribution in [0.4, 0.5) is 10.5 Å². The molecule has 1 unspecified atom stereocenters. The van der Waals surface area contributed by atoms with Gasteiger partial charge in [-0.15, -0.1) is 0 Å². The van der Waals surface area contributed by atoms with E-state index in [0.29, 0.717) is 6.54 Å². The zero-order valence-electron chi connectivity index (χ0n) is 12.8. The van der Waals surface area contributed by atoms with Crippen LogP contribution in [0.5, 0.6) is 0 Å². The number of carbonyl (C=O) groups excluding carboxylic acids is 1. The third kappa shape index (κ3) is 2.40. The van der Waals surface area contributed by atoms with Gasteiger partial charge in [-0.25, -0.2) is 0 Å². The number of carbonyl (C=O) groups is 1. The fourth-order valence-corrected chi connectivity index (χ4v) is 3.05. The van der Waals surface area contributed by atoms with Crippen LogP contribution in [0.3, 0.4) is 0 Å². The van der Waals surface area contributed by atoms with E-state index in [9.17, 15) is 4.79 Å². The van der Waals surface area contributed by atoms with E-state index >= 15 is 0 Å². The van der Waals surface area contributed by atoms with Gasteiger partial charge in [0.25, 0.3) is 0 Å². The lowest BCUT2D eigenvalue weighted by atomic mass is 10.1. The summed E-state index contributed by atoms with van der Waals surface area (Å²) < 4.78 is 5.92. The summed E-state index contributed by atoms with van der Waals surface area (Å²) in [7, 11) is 0. The molecule has 2 aliphatic rings. The Balaban J connectivity index is 2.13. The highest BCUT2D eigenvalue weighted by molar-refractivity contribution is 5.92. The molecule has 0 saturated carbocycles. The fraction of sp³-hybridized carbons (Fsp3) is 0.412. The molecule has 0 aromatic heterocycles. The molecule has 4 heteroatoms. The van der Waals surface area contributed by atoms with Gasteiger partial charge in [0.05, 0.1) is 12.8 Å². The molecule has 0 fully saturated rings. The number of hydrogen-bond donors (Lipinski definition) is 0. The Morgan fingerprint density at radius 3 is 2.90 bits per heavy atom. The van der Waals surface area contributed by atoms with Gasteiger partial charge < -0.3 is 4.74 Å². The van der Waals surface area contributed by atoms with E-state index in [1.54, 1.807) is 6.20 Å². The second-order valence-electron chi connectivity index (χ2n) is 6.61. The maximum Gasteiger partial charge on any atom is 0.522 e. The van der Waals surface area contributed by atoms with Crippen LogP contribution in [0.2, 0.25) is 0 Å². The monoisotopic (exact) mass is 285 g/mol. The molecule has 1 aromatic carbocycles. The molecular weight excluding hydrogens is 264 g/mol. The molecule has 0 bridgehead atoms. The molecule has 2 heterocycles. The van der Waals surface area contributed by atoms with E-state index in [-0.39, 0.29) is 10.6 Å². The van der Waals surface area contributed by atoms with Gasteiger partial charge in [-0.05, 0) is 32.9 Å². The maximum atomic E-state index is 12.9. The van der Waals surface area contributed by atoms with Crippen molar-refractivity contribution in [1.29, 1.82) is 0 Å². The molecular formula is C17H21N2O2+. The van der Waals surface area contributed by atoms with Crippen molar-refractivity contribution in [3.63, 3.8) is 0 Å². The molecule has 3 rings (SSSR count). The Bertz CT molecular complexity index is 641. The largest absolute Gasteiger partial charge is 0.522 e. The zero-order valence-corrected chi connectivity index (χ0v) is 12.8. The predicted molar refractivity (Wildman–Crippen MR) is 85.4 cm³/mol. The van der Waals surface area contributed by atoms with Gasteiger partial charge in [-0.2, -0.15) is 9.28 Å². The number of quaternary nitrogens is 1. The molecule has 110 valence electrons. The number of amides is 1. The standard InChI is InChI=1S/C17H21N2O2/c1-17(2,3)21-16(20)19-11-8-14-6-4-5-13(15(14)19)7-9-18-10-12-19/h4-7,9-10H,8,11-12H2,1-3H3/q+1. The molecule has 1 atom stereocenters. The average molecular weight is 285 g/mol. The van der Waals surface area contributed by atoms with Gasteiger partial charge in [0.1, 0.15) is 12.1 Å². The van der Waals surface area contributed by atoms with Crippen molar-refractivity contribution in [1.82, 2.24) is 4.48 Å². The number of aliphatic imine (C=N–C) groups is 1. The summed E-state index contributed by atoms with van der Waals surface area (Å²) in [5.74, 6) is 0. The maximum absolute atomic E-state index is 12.9. The second-order valence-corrected chi connectivity index (χ2v) is 6.61. The first-order chi connectivity index (χ1) is 9.92. The fourth-order valence-electron chi connectivity index (χ4n) is 3.05. The van der Waals surface area contributed by atoms with Crippen LogP contribution in [0.1, 0.15) is 31.9 Å². The van der Waals surface area contributed by atoms with Gasteiger partial charge in [-0.1, -0.05) is 12.1 Å². The van der Waals surface area contributed by atoms with E-state index < -0.39 is 5.60 Å². The Hall–Kier alpha value is -1.94. The number of ether oxygens (including phenoxy) is 1. The van der Waals surface area contributed by atoms with Gasteiger partial charge in [-0.3, -0.25) is 4.99 Å². The highest BCUT2D eigenvalue weighted by Crippen LogP contribution is 2.40. The van der Waals surface area contributed by atoms with Crippen LogP contribution in [0.15, 0.2) is 29.4 Å². The Morgan fingerprint density at radius 2 is 2.14 bits per heavy atom.